The molecule has 0 spiro atoms. The van der Waals surface area contributed by atoms with Gasteiger partial charge in [0.1, 0.15) is 0 Å². The molecule has 0 atom stereocenters. The van der Waals surface area contributed by atoms with Crippen LogP contribution < -0.4 is 5.73 Å². The summed E-state index contributed by atoms with van der Waals surface area (Å²) in [6.07, 6.45) is 0.338. The lowest BCUT2D eigenvalue weighted by molar-refractivity contribution is -0.135. The fourth-order valence-corrected chi connectivity index (χ4v) is 1.53. The predicted octanol–water partition coefficient (Wildman–Crippen LogP) is 0.917. The SMILES string of the molecule is CN(C(=O)Cc1ccc(CN)cc1)C(C)(C)CO. The average Bonchev–Trinajstić information content (AvgIpc) is 2.38. The number of nitrogens with two attached hydrogens (primary N) is 1. The summed E-state index contributed by atoms with van der Waals surface area (Å²) in [5.41, 5.74) is 7.00. The largest absolute Gasteiger partial charge is 0.394 e. The van der Waals surface area contributed by atoms with Gasteiger partial charge in [0.15, 0.2) is 0 Å². The lowest BCUT2D eigenvalue weighted by Gasteiger charge is -2.34. The molecule has 0 aromatic heterocycles. The quantitative estimate of drug-likeness (QED) is 0.816. The van der Waals surface area contributed by atoms with Crippen LogP contribution in [0.15, 0.2) is 24.3 Å². The van der Waals surface area contributed by atoms with Crippen molar-refractivity contribution in [2.24, 2.45) is 5.73 Å². The number of rotatable bonds is 5. The highest BCUT2D eigenvalue weighted by Crippen LogP contribution is 2.13. The van der Waals surface area contributed by atoms with E-state index in [2.05, 4.69) is 0 Å². The molecule has 4 nitrogen and oxygen atoms in total. The van der Waals surface area contributed by atoms with Crippen LogP contribution >= 0.6 is 0 Å². The van der Waals surface area contributed by atoms with Gasteiger partial charge in [-0.15, -0.1) is 0 Å². The molecule has 0 aliphatic carbocycles. The van der Waals surface area contributed by atoms with Crippen LogP contribution in [-0.4, -0.2) is 35.1 Å². The minimum absolute atomic E-state index is 0.00505. The van der Waals surface area contributed by atoms with Crippen LogP contribution in [0, 0.1) is 0 Å². The zero-order chi connectivity index (χ0) is 13.8. The molecule has 0 aliphatic heterocycles. The van der Waals surface area contributed by atoms with Crippen molar-refractivity contribution < 1.29 is 9.90 Å². The van der Waals surface area contributed by atoms with Crippen LogP contribution in [0.4, 0.5) is 0 Å². The topological polar surface area (TPSA) is 66.6 Å². The van der Waals surface area contributed by atoms with Crippen LogP contribution in [0.25, 0.3) is 0 Å². The van der Waals surface area contributed by atoms with Gasteiger partial charge in [-0.25, -0.2) is 0 Å². The third kappa shape index (κ3) is 3.55. The maximum Gasteiger partial charge on any atom is 0.227 e. The summed E-state index contributed by atoms with van der Waals surface area (Å²) in [6, 6.07) is 7.69. The van der Waals surface area contributed by atoms with Gasteiger partial charge in [0.2, 0.25) is 5.91 Å². The van der Waals surface area contributed by atoms with Crippen LogP contribution in [0.3, 0.4) is 0 Å². The summed E-state index contributed by atoms with van der Waals surface area (Å²) in [5.74, 6) is -0.00505. The number of hydrogen-bond donors (Lipinski definition) is 2. The number of hydrogen-bond acceptors (Lipinski definition) is 3. The van der Waals surface area contributed by atoms with Crippen molar-refractivity contribution in [1.29, 1.82) is 0 Å². The van der Waals surface area contributed by atoms with Gasteiger partial charge < -0.3 is 15.7 Å². The van der Waals surface area contributed by atoms with E-state index in [-0.39, 0.29) is 12.5 Å². The Balaban J connectivity index is 2.69. The Morgan fingerprint density at radius 3 is 2.22 bits per heavy atom. The second kappa shape index (κ2) is 5.98. The van der Waals surface area contributed by atoms with Crippen molar-refractivity contribution in [3.05, 3.63) is 35.4 Å². The van der Waals surface area contributed by atoms with Crippen LogP contribution in [0.1, 0.15) is 25.0 Å². The van der Waals surface area contributed by atoms with Gasteiger partial charge in [0.05, 0.1) is 18.6 Å². The number of carbonyl (C=O) groups is 1. The first-order chi connectivity index (χ1) is 8.40. The molecule has 0 saturated carbocycles. The first kappa shape index (κ1) is 14.7. The molecular formula is C14H22N2O2. The van der Waals surface area contributed by atoms with Gasteiger partial charge in [0.25, 0.3) is 0 Å². The Morgan fingerprint density at radius 1 is 1.28 bits per heavy atom. The zero-order valence-electron chi connectivity index (χ0n) is 11.3. The van der Waals surface area contributed by atoms with Gasteiger partial charge in [0, 0.05) is 13.6 Å². The Kier molecular flexibility index (Phi) is 4.87. The molecule has 1 amide bonds. The van der Waals surface area contributed by atoms with E-state index < -0.39 is 5.54 Å². The minimum Gasteiger partial charge on any atom is -0.394 e. The number of aliphatic hydroxyl groups excluding tert-OH is 1. The molecule has 0 heterocycles. The Hall–Kier alpha value is -1.39. The maximum atomic E-state index is 12.1. The maximum absolute atomic E-state index is 12.1. The molecule has 0 saturated heterocycles. The van der Waals surface area contributed by atoms with Crippen LogP contribution in [0.2, 0.25) is 0 Å². The summed E-state index contributed by atoms with van der Waals surface area (Å²) in [5, 5.41) is 9.24. The van der Waals surface area contributed by atoms with Gasteiger partial charge in [-0.05, 0) is 25.0 Å². The molecule has 18 heavy (non-hydrogen) atoms. The lowest BCUT2D eigenvalue weighted by atomic mass is 10.0. The number of amides is 1. The molecular weight excluding hydrogens is 228 g/mol. The molecule has 100 valence electrons. The van der Waals surface area contributed by atoms with E-state index in [1.165, 1.54) is 0 Å². The van der Waals surface area contributed by atoms with Gasteiger partial charge in [-0.1, -0.05) is 24.3 Å². The first-order valence-electron chi connectivity index (χ1n) is 6.06. The Morgan fingerprint density at radius 2 is 1.78 bits per heavy atom. The number of nitrogens with zero attached hydrogens (tertiary/aromatic N) is 1. The van der Waals surface area contributed by atoms with Crippen molar-refractivity contribution in [3.8, 4) is 0 Å². The zero-order valence-corrected chi connectivity index (χ0v) is 11.3. The monoisotopic (exact) mass is 250 g/mol. The van der Waals surface area contributed by atoms with Gasteiger partial charge >= 0.3 is 0 Å². The van der Waals surface area contributed by atoms with E-state index in [1.807, 2.05) is 38.1 Å². The Bertz CT molecular complexity index is 399. The van der Waals surface area contributed by atoms with E-state index in [0.717, 1.165) is 11.1 Å². The summed E-state index contributed by atoms with van der Waals surface area (Å²) in [7, 11) is 1.72. The highest BCUT2D eigenvalue weighted by Gasteiger charge is 2.26. The third-order valence-corrected chi connectivity index (χ3v) is 3.28. The second-order valence-corrected chi connectivity index (χ2v) is 5.12. The van der Waals surface area contributed by atoms with E-state index >= 15 is 0 Å². The molecule has 0 radical (unpaired) electrons. The number of aliphatic hydroxyl groups is 1. The molecule has 1 aromatic rings. The van der Waals surface area contributed by atoms with Crippen LogP contribution in [-0.2, 0) is 17.8 Å². The van der Waals surface area contributed by atoms with Crippen molar-refractivity contribution in [2.75, 3.05) is 13.7 Å². The number of benzene rings is 1. The lowest BCUT2D eigenvalue weighted by Crippen LogP contribution is -2.48. The minimum atomic E-state index is -0.533. The summed E-state index contributed by atoms with van der Waals surface area (Å²) >= 11 is 0. The smallest absolute Gasteiger partial charge is 0.227 e. The average molecular weight is 250 g/mol. The molecule has 0 fully saturated rings. The third-order valence-electron chi connectivity index (χ3n) is 3.28. The van der Waals surface area contributed by atoms with E-state index in [0.29, 0.717) is 13.0 Å². The molecule has 3 N–H and O–H groups in total. The fraction of sp³-hybridized carbons (Fsp3) is 0.500. The molecule has 1 aromatic carbocycles. The molecule has 4 heteroatoms. The number of likely N-dealkylation sites (N-methyl/N-ethyl adjacent to an activating group) is 1. The first-order valence-corrected chi connectivity index (χ1v) is 6.06. The molecule has 0 bridgehead atoms. The van der Waals surface area contributed by atoms with Crippen molar-refractivity contribution in [3.63, 3.8) is 0 Å². The number of carbonyl (C=O) groups excluding carboxylic acids is 1. The van der Waals surface area contributed by atoms with Gasteiger partial charge in [-0.3, -0.25) is 4.79 Å². The standard InChI is InChI=1S/C14H22N2O2/c1-14(2,10-17)16(3)13(18)8-11-4-6-12(9-15)7-5-11/h4-7,17H,8-10,15H2,1-3H3. The Labute approximate surface area is 108 Å². The highest BCUT2D eigenvalue weighted by molar-refractivity contribution is 5.79. The van der Waals surface area contributed by atoms with Crippen molar-refractivity contribution >= 4 is 5.91 Å². The summed E-state index contributed by atoms with van der Waals surface area (Å²) in [6.45, 7) is 4.12. The normalized spacial score (nSPS) is 11.4. The summed E-state index contributed by atoms with van der Waals surface area (Å²) < 4.78 is 0. The van der Waals surface area contributed by atoms with Crippen molar-refractivity contribution in [2.45, 2.75) is 32.4 Å². The van der Waals surface area contributed by atoms with Gasteiger partial charge in [-0.2, -0.15) is 0 Å². The van der Waals surface area contributed by atoms with E-state index in [4.69, 9.17) is 5.73 Å². The molecule has 1 rings (SSSR count). The van der Waals surface area contributed by atoms with Crippen LogP contribution in [0.5, 0.6) is 0 Å². The van der Waals surface area contributed by atoms with E-state index in [9.17, 15) is 9.90 Å². The fourth-order valence-electron chi connectivity index (χ4n) is 1.53. The second-order valence-electron chi connectivity index (χ2n) is 5.12. The molecule has 0 aliphatic rings. The molecule has 0 unspecified atom stereocenters. The van der Waals surface area contributed by atoms with Crippen molar-refractivity contribution in [1.82, 2.24) is 4.90 Å². The van der Waals surface area contributed by atoms with E-state index in [1.54, 1.807) is 11.9 Å². The predicted molar refractivity (Wildman–Crippen MR) is 72.0 cm³/mol. The summed E-state index contributed by atoms with van der Waals surface area (Å²) in [4.78, 5) is 13.6. The highest BCUT2D eigenvalue weighted by atomic mass is 16.3.